The highest BCUT2D eigenvalue weighted by Crippen LogP contribution is 2.24. The summed E-state index contributed by atoms with van der Waals surface area (Å²) in [6.45, 7) is 1.97. The highest BCUT2D eigenvalue weighted by Gasteiger charge is 2.39. The molecule has 1 heterocycles. The number of nitrogens with zero attached hydrogens (tertiary/aromatic N) is 2. The van der Waals surface area contributed by atoms with Gasteiger partial charge in [-0.05, 0) is 48.4 Å². The predicted octanol–water partition coefficient (Wildman–Crippen LogP) is 1.85. The Bertz CT molecular complexity index is 1040. The number of rotatable bonds is 5. The highest BCUT2D eigenvalue weighted by molar-refractivity contribution is 7.89. The van der Waals surface area contributed by atoms with Crippen LogP contribution in [0.5, 0.6) is 0 Å². The number of benzene rings is 2. The Morgan fingerprint density at radius 1 is 1.21 bits per heavy atom. The first-order valence-electron chi connectivity index (χ1n) is 8.83. The third-order valence-corrected chi connectivity index (χ3v) is 6.59. The Hall–Kier alpha value is -2.16. The molecule has 2 aromatic carbocycles. The van der Waals surface area contributed by atoms with E-state index in [1.807, 2.05) is 0 Å². The first-order valence-corrected chi connectivity index (χ1v) is 10.7. The van der Waals surface area contributed by atoms with Gasteiger partial charge in [0, 0.05) is 25.7 Å². The molecule has 1 fully saturated rings. The minimum absolute atomic E-state index is 0.0750. The fourth-order valence-electron chi connectivity index (χ4n) is 3.32. The second-order valence-corrected chi connectivity index (χ2v) is 9.21. The average Bonchev–Trinajstić information content (AvgIpc) is 2.99. The molecule has 0 spiro atoms. The molecule has 0 saturated carbocycles. The second-order valence-electron chi connectivity index (χ2n) is 7.06. The molecule has 1 N–H and O–H groups in total. The number of hydrogen-bond donors (Lipinski definition) is 1. The molecule has 2 aromatic rings. The van der Waals surface area contributed by atoms with Gasteiger partial charge in [0.25, 0.3) is 0 Å². The zero-order valence-electron chi connectivity index (χ0n) is 15.8. The summed E-state index contributed by atoms with van der Waals surface area (Å²) >= 11 is 5.96. The van der Waals surface area contributed by atoms with Crippen LogP contribution in [0.25, 0.3) is 10.8 Å². The van der Waals surface area contributed by atoms with Gasteiger partial charge in [-0.2, -0.15) is 4.72 Å². The number of likely N-dealkylation sites (tertiary alicyclic amines) is 1. The first-order chi connectivity index (χ1) is 13.1. The molecule has 1 aliphatic rings. The molecular formula is C19H22ClN3O4S. The molecule has 0 bridgehead atoms. The number of hydrogen-bond acceptors (Lipinski definition) is 4. The topological polar surface area (TPSA) is 86.8 Å². The van der Waals surface area contributed by atoms with Crippen LogP contribution in [0.4, 0.5) is 0 Å². The lowest BCUT2D eigenvalue weighted by atomic mass is 10.1. The second kappa shape index (κ2) is 7.69. The van der Waals surface area contributed by atoms with E-state index in [1.54, 1.807) is 51.4 Å². The van der Waals surface area contributed by atoms with Crippen molar-refractivity contribution in [1.29, 1.82) is 0 Å². The average molecular weight is 424 g/mol. The molecule has 3 rings (SSSR count). The van der Waals surface area contributed by atoms with Gasteiger partial charge in [0.15, 0.2) is 0 Å². The lowest BCUT2D eigenvalue weighted by Gasteiger charge is -2.26. The summed E-state index contributed by atoms with van der Waals surface area (Å²) in [5.41, 5.74) is 0. The molecule has 0 radical (unpaired) electrons. The van der Waals surface area contributed by atoms with Crippen LogP contribution in [0.2, 0.25) is 5.02 Å². The van der Waals surface area contributed by atoms with Crippen molar-refractivity contribution in [2.24, 2.45) is 0 Å². The number of carbonyl (C=O) groups excluding carboxylic acids is 2. The fourth-order valence-corrected chi connectivity index (χ4v) is 4.76. The number of nitrogens with one attached hydrogen (secondary N) is 1. The van der Waals surface area contributed by atoms with Gasteiger partial charge >= 0.3 is 0 Å². The molecular weight excluding hydrogens is 402 g/mol. The Kier molecular flexibility index (Phi) is 5.65. The minimum Gasteiger partial charge on any atom is -0.347 e. The monoisotopic (exact) mass is 423 g/mol. The predicted molar refractivity (Wildman–Crippen MR) is 108 cm³/mol. The molecule has 2 amide bonds. The molecule has 150 valence electrons. The van der Waals surface area contributed by atoms with E-state index >= 15 is 0 Å². The largest absolute Gasteiger partial charge is 0.347 e. The number of halogens is 1. The molecule has 1 aliphatic heterocycles. The smallest absolute Gasteiger partial charge is 0.244 e. The lowest BCUT2D eigenvalue weighted by Crippen LogP contribution is -2.48. The van der Waals surface area contributed by atoms with E-state index in [2.05, 4.69) is 4.72 Å². The van der Waals surface area contributed by atoms with E-state index in [0.717, 1.165) is 10.8 Å². The first kappa shape index (κ1) is 20.6. The molecule has 28 heavy (non-hydrogen) atoms. The Labute approximate surface area is 169 Å². The number of likely N-dealkylation sites (N-methyl/N-ethyl adjacent to an activating group) is 1. The van der Waals surface area contributed by atoms with Gasteiger partial charge in [0.2, 0.25) is 21.8 Å². The van der Waals surface area contributed by atoms with Gasteiger partial charge in [-0.3, -0.25) is 9.59 Å². The van der Waals surface area contributed by atoms with E-state index < -0.39 is 22.1 Å². The van der Waals surface area contributed by atoms with Crippen molar-refractivity contribution in [3.05, 3.63) is 41.4 Å². The number of amides is 2. The SMILES string of the molecule is C[C@@H](C(=O)N(C)C)N1CC[C@H](NS(=O)(=O)c2ccc3cc(Cl)ccc3c2)C1=O. The number of carbonyl (C=O) groups is 2. The molecule has 9 heteroatoms. The maximum Gasteiger partial charge on any atom is 0.244 e. The van der Waals surface area contributed by atoms with Crippen LogP contribution >= 0.6 is 11.6 Å². The third-order valence-electron chi connectivity index (χ3n) is 4.89. The third kappa shape index (κ3) is 3.99. The van der Waals surface area contributed by atoms with E-state index in [1.165, 1.54) is 15.9 Å². The summed E-state index contributed by atoms with van der Waals surface area (Å²) in [6, 6.07) is 8.37. The summed E-state index contributed by atoms with van der Waals surface area (Å²) in [4.78, 5) is 27.7. The highest BCUT2D eigenvalue weighted by atomic mass is 35.5. The van der Waals surface area contributed by atoms with Crippen molar-refractivity contribution >= 4 is 44.2 Å². The van der Waals surface area contributed by atoms with Crippen LogP contribution in [-0.4, -0.2) is 62.8 Å². The maximum absolute atomic E-state index is 12.8. The standard InChI is InChI=1S/C19H22ClN3O4S/c1-12(18(24)22(2)3)23-9-8-17(19(23)25)21-28(26,27)16-7-5-13-10-15(20)6-4-14(13)11-16/h4-7,10-12,17,21H,8-9H2,1-3H3/t12-,17-/m0/s1. The van der Waals surface area contributed by atoms with Crippen molar-refractivity contribution < 1.29 is 18.0 Å². The summed E-state index contributed by atoms with van der Waals surface area (Å²) in [5.74, 6) is -0.594. The molecule has 2 atom stereocenters. The van der Waals surface area contributed by atoms with Crippen molar-refractivity contribution in [1.82, 2.24) is 14.5 Å². The number of fused-ring (bicyclic) bond motifs is 1. The van der Waals surface area contributed by atoms with Gasteiger partial charge < -0.3 is 9.80 Å². The van der Waals surface area contributed by atoms with Crippen LogP contribution in [0.1, 0.15) is 13.3 Å². The van der Waals surface area contributed by atoms with Crippen LogP contribution < -0.4 is 4.72 Å². The summed E-state index contributed by atoms with van der Waals surface area (Å²) < 4.78 is 28.0. The van der Waals surface area contributed by atoms with Gasteiger partial charge in [-0.1, -0.05) is 23.7 Å². The number of sulfonamides is 1. The zero-order valence-corrected chi connectivity index (χ0v) is 17.4. The summed E-state index contributed by atoms with van der Waals surface area (Å²) in [7, 11) is -0.655. The van der Waals surface area contributed by atoms with Crippen LogP contribution in [-0.2, 0) is 19.6 Å². The lowest BCUT2D eigenvalue weighted by molar-refractivity contribution is -0.141. The van der Waals surface area contributed by atoms with Gasteiger partial charge in [0.1, 0.15) is 12.1 Å². The quantitative estimate of drug-likeness (QED) is 0.795. The van der Waals surface area contributed by atoms with Crippen molar-refractivity contribution in [3.8, 4) is 0 Å². The summed E-state index contributed by atoms with van der Waals surface area (Å²) in [6.07, 6.45) is 0.312. The van der Waals surface area contributed by atoms with E-state index in [-0.39, 0.29) is 16.7 Å². The Balaban J connectivity index is 1.78. The minimum atomic E-state index is -3.89. The molecule has 0 unspecified atom stereocenters. The Morgan fingerprint density at radius 3 is 2.54 bits per heavy atom. The molecule has 0 aromatic heterocycles. The summed E-state index contributed by atoms with van der Waals surface area (Å²) in [5, 5.41) is 2.13. The Morgan fingerprint density at radius 2 is 1.86 bits per heavy atom. The molecule has 0 aliphatic carbocycles. The van der Waals surface area contributed by atoms with Gasteiger partial charge in [0.05, 0.1) is 4.90 Å². The van der Waals surface area contributed by atoms with E-state index in [0.29, 0.717) is 18.0 Å². The van der Waals surface area contributed by atoms with Gasteiger partial charge in [-0.15, -0.1) is 0 Å². The van der Waals surface area contributed by atoms with E-state index in [9.17, 15) is 18.0 Å². The fraction of sp³-hybridized carbons (Fsp3) is 0.368. The van der Waals surface area contributed by atoms with Crippen molar-refractivity contribution in [2.45, 2.75) is 30.3 Å². The van der Waals surface area contributed by atoms with Crippen LogP contribution in [0.15, 0.2) is 41.3 Å². The van der Waals surface area contributed by atoms with E-state index in [4.69, 9.17) is 11.6 Å². The van der Waals surface area contributed by atoms with Crippen LogP contribution in [0.3, 0.4) is 0 Å². The molecule has 1 saturated heterocycles. The molecule has 7 nitrogen and oxygen atoms in total. The normalized spacial score (nSPS) is 18.5. The maximum atomic E-state index is 12.8. The van der Waals surface area contributed by atoms with Crippen LogP contribution in [0, 0.1) is 0 Å². The van der Waals surface area contributed by atoms with Gasteiger partial charge in [-0.25, -0.2) is 8.42 Å². The van der Waals surface area contributed by atoms with Crippen molar-refractivity contribution in [2.75, 3.05) is 20.6 Å². The van der Waals surface area contributed by atoms with Crippen molar-refractivity contribution in [3.63, 3.8) is 0 Å². The zero-order chi connectivity index (χ0) is 20.6.